The van der Waals surface area contributed by atoms with Crippen LogP contribution < -0.4 is 5.32 Å². The van der Waals surface area contributed by atoms with E-state index in [1.165, 1.54) is 0 Å². The number of hydrogen-bond acceptors (Lipinski definition) is 4. The van der Waals surface area contributed by atoms with E-state index < -0.39 is 5.97 Å². The summed E-state index contributed by atoms with van der Waals surface area (Å²) >= 11 is 0. The maximum Gasteiger partial charge on any atom is 0.304 e. The lowest BCUT2D eigenvalue weighted by molar-refractivity contribution is -0.138. The number of carboxylic acids is 1. The van der Waals surface area contributed by atoms with Crippen LogP contribution in [0, 0.1) is 0 Å². The zero-order valence-corrected chi connectivity index (χ0v) is 15.3. The van der Waals surface area contributed by atoms with Gasteiger partial charge in [0.15, 0.2) is 0 Å². The summed E-state index contributed by atoms with van der Waals surface area (Å²) in [5.74, 6) is -0.733. The average Bonchev–Trinajstić information content (AvgIpc) is 2.99. The first-order valence-corrected chi connectivity index (χ1v) is 9.05. The molecule has 1 fully saturated rings. The number of rotatable bonds is 6. The van der Waals surface area contributed by atoms with Crippen molar-refractivity contribution < 1.29 is 19.8 Å². The van der Waals surface area contributed by atoms with Gasteiger partial charge in [-0.3, -0.25) is 14.5 Å². The van der Waals surface area contributed by atoms with E-state index >= 15 is 0 Å². The lowest BCUT2D eigenvalue weighted by Crippen LogP contribution is -2.41. The van der Waals surface area contributed by atoms with Crippen molar-refractivity contribution in [3.63, 3.8) is 0 Å². The van der Waals surface area contributed by atoms with E-state index in [4.69, 9.17) is 5.11 Å². The number of likely N-dealkylation sites (N-methyl/N-ethyl adjacent to an activating group) is 1. The molecule has 0 saturated carbocycles. The molecule has 0 bridgehead atoms. The Hall–Kier alpha value is -2.86. The first kappa shape index (κ1) is 18.9. The number of carbonyl (C=O) groups is 2. The van der Waals surface area contributed by atoms with Crippen molar-refractivity contribution in [1.29, 1.82) is 0 Å². The molecule has 2 atom stereocenters. The van der Waals surface area contributed by atoms with Crippen LogP contribution in [0.1, 0.15) is 29.6 Å². The molecule has 3 N–H and O–H groups in total. The molecule has 1 heterocycles. The molecule has 1 aliphatic heterocycles. The SMILES string of the molecule is CN1[C@@H](CC(=O)O)CC[C@H]1CNC(=O)c1cccc(-c2ccc(O)cc2)c1. The second-order valence-corrected chi connectivity index (χ2v) is 6.99. The van der Waals surface area contributed by atoms with Crippen LogP contribution in [0.5, 0.6) is 5.75 Å². The highest BCUT2D eigenvalue weighted by molar-refractivity contribution is 5.95. The quantitative estimate of drug-likeness (QED) is 0.729. The average molecular weight is 368 g/mol. The Balaban J connectivity index is 1.61. The number of carboxylic acid groups (broad SMARTS) is 1. The first-order valence-electron chi connectivity index (χ1n) is 9.05. The lowest BCUT2D eigenvalue weighted by Gasteiger charge is -2.25. The van der Waals surface area contributed by atoms with Crippen molar-refractivity contribution in [2.45, 2.75) is 31.3 Å². The van der Waals surface area contributed by atoms with Crippen molar-refractivity contribution in [2.24, 2.45) is 0 Å². The summed E-state index contributed by atoms with van der Waals surface area (Å²) in [5, 5.41) is 21.3. The Morgan fingerprint density at radius 2 is 1.78 bits per heavy atom. The third-order valence-electron chi connectivity index (χ3n) is 5.22. The zero-order chi connectivity index (χ0) is 19.4. The summed E-state index contributed by atoms with van der Waals surface area (Å²) in [6, 6.07) is 14.4. The second-order valence-electron chi connectivity index (χ2n) is 6.99. The highest BCUT2D eigenvalue weighted by Gasteiger charge is 2.31. The number of nitrogens with zero attached hydrogens (tertiary/aromatic N) is 1. The Morgan fingerprint density at radius 3 is 2.48 bits per heavy atom. The van der Waals surface area contributed by atoms with Crippen molar-refractivity contribution in [1.82, 2.24) is 10.2 Å². The highest BCUT2D eigenvalue weighted by Crippen LogP contribution is 2.25. The predicted molar refractivity (Wildman–Crippen MR) is 103 cm³/mol. The third kappa shape index (κ3) is 4.65. The van der Waals surface area contributed by atoms with Gasteiger partial charge in [0.1, 0.15) is 5.75 Å². The van der Waals surface area contributed by atoms with Gasteiger partial charge >= 0.3 is 5.97 Å². The Kier molecular flexibility index (Phi) is 5.76. The van der Waals surface area contributed by atoms with Gasteiger partial charge < -0.3 is 15.5 Å². The Bertz CT molecular complexity index is 819. The normalized spacial score (nSPS) is 19.7. The molecule has 0 unspecified atom stereocenters. The molecule has 0 aromatic heterocycles. The van der Waals surface area contributed by atoms with Gasteiger partial charge in [0.25, 0.3) is 5.91 Å². The second kappa shape index (κ2) is 8.22. The lowest BCUT2D eigenvalue weighted by atomic mass is 10.0. The Morgan fingerprint density at radius 1 is 1.07 bits per heavy atom. The summed E-state index contributed by atoms with van der Waals surface area (Å²) in [5.41, 5.74) is 2.40. The van der Waals surface area contributed by atoms with Crippen LogP contribution in [0.2, 0.25) is 0 Å². The molecule has 6 heteroatoms. The van der Waals surface area contributed by atoms with Crippen LogP contribution >= 0.6 is 0 Å². The number of hydrogen-bond donors (Lipinski definition) is 3. The molecule has 2 aromatic rings. The molecule has 1 aliphatic rings. The number of amides is 1. The highest BCUT2D eigenvalue weighted by atomic mass is 16.4. The van der Waals surface area contributed by atoms with Crippen LogP contribution in [0.3, 0.4) is 0 Å². The molecule has 1 saturated heterocycles. The maximum absolute atomic E-state index is 12.5. The van der Waals surface area contributed by atoms with Gasteiger partial charge in [0.2, 0.25) is 0 Å². The molecule has 1 amide bonds. The van der Waals surface area contributed by atoms with Crippen LogP contribution in [-0.2, 0) is 4.79 Å². The molecule has 2 aromatic carbocycles. The van der Waals surface area contributed by atoms with Crippen LogP contribution in [0.25, 0.3) is 11.1 Å². The molecule has 6 nitrogen and oxygen atoms in total. The smallest absolute Gasteiger partial charge is 0.304 e. The topological polar surface area (TPSA) is 89.9 Å². The van der Waals surface area contributed by atoms with Crippen molar-refractivity contribution in [2.75, 3.05) is 13.6 Å². The summed E-state index contributed by atoms with van der Waals surface area (Å²) in [4.78, 5) is 25.5. The van der Waals surface area contributed by atoms with Gasteiger partial charge in [-0.25, -0.2) is 0 Å². The predicted octanol–water partition coefficient (Wildman–Crippen LogP) is 2.73. The minimum atomic E-state index is -0.789. The minimum absolute atomic E-state index is 0.0298. The molecule has 0 radical (unpaired) electrons. The van der Waals surface area contributed by atoms with Gasteiger partial charge in [-0.1, -0.05) is 24.3 Å². The van der Waals surface area contributed by atoms with E-state index in [1.54, 1.807) is 18.2 Å². The molecule has 27 heavy (non-hydrogen) atoms. The zero-order valence-electron chi connectivity index (χ0n) is 15.3. The van der Waals surface area contributed by atoms with Crippen molar-refractivity contribution in [3.8, 4) is 16.9 Å². The monoisotopic (exact) mass is 368 g/mol. The number of phenols is 1. The third-order valence-corrected chi connectivity index (χ3v) is 5.22. The minimum Gasteiger partial charge on any atom is -0.508 e. The Labute approximate surface area is 158 Å². The van der Waals surface area contributed by atoms with Gasteiger partial charge in [0.05, 0.1) is 6.42 Å². The summed E-state index contributed by atoms with van der Waals surface area (Å²) in [6.07, 6.45) is 1.84. The maximum atomic E-state index is 12.5. The fourth-order valence-corrected chi connectivity index (χ4v) is 3.59. The van der Waals surface area contributed by atoms with E-state index in [0.717, 1.165) is 24.0 Å². The van der Waals surface area contributed by atoms with Gasteiger partial charge in [-0.2, -0.15) is 0 Å². The molecule has 142 valence electrons. The van der Waals surface area contributed by atoms with E-state index in [1.807, 2.05) is 37.4 Å². The number of aliphatic carboxylic acids is 1. The molecule has 0 aliphatic carbocycles. The fourth-order valence-electron chi connectivity index (χ4n) is 3.59. The van der Waals surface area contributed by atoms with Crippen LogP contribution in [0.15, 0.2) is 48.5 Å². The summed E-state index contributed by atoms with van der Waals surface area (Å²) in [7, 11) is 1.92. The number of benzene rings is 2. The van der Waals surface area contributed by atoms with Crippen molar-refractivity contribution >= 4 is 11.9 Å². The van der Waals surface area contributed by atoms with Gasteiger partial charge in [0, 0.05) is 24.2 Å². The standard InChI is InChI=1S/C21H24N2O4/c1-23-17(12-20(25)26)7-8-18(23)13-22-21(27)16-4-2-3-15(11-16)14-5-9-19(24)10-6-14/h2-6,9-11,17-18,24H,7-8,12-13H2,1H3,(H,22,27)(H,25,26)/t17-,18+/m1/s1. The number of carbonyl (C=O) groups excluding carboxylic acids is 1. The van der Waals surface area contributed by atoms with E-state index in [-0.39, 0.29) is 30.2 Å². The molecule has 3 rings (SSSR count). The largest absolute Gasteiger partial charge is 0.508 e. The van der Waals surface area contributed by atoms with Gasteiger partial charge in [-0.05, 0) is 55.3 Å². The van der Waals surface area contributed by atoms with Gasteiger partial charge in [-0.15, -0.1) is 0 Å². The van der Waals surface area contributed by atoms with Crippen LogP contribution in [-0.4, -0.2) is 52.7 Å². The summed E-state index contributed by atoms with van der Waals surface area (Å²) < 4.78 is 0. The van der Waals surface area contributed by atoms with Crippen molar-refractivity contribution in [3.05, 3.63) is 54.1 Å². The molecular weight excluding hydrogens is 344 g/mol. The number of likely N-dealkylation sites (tertiary alicyclic amines) is 1. The number of aromatic hydroxyl groups is 1. The number of nitrogens with one attached hydrogen (secondary N) is 1. The van der Waals surface area contributed by atoms with E-state index in [2.05, 4.69) is 10.2 Å². The molecular formula is C21H24N2O4. The molecule has 0 spiro atoms. The number of phenolic OH excluding ortho intramolecular Hbond substituents is 1. The summed E-state index contributed by atoms with van der Waals surface area (Å²) in [6.45, 7) is 0.495. The first-order chi connectivity index (χ1) is 12.9. The van der Waals surface area contributed by atoms with E-state index in [9.17, 15) is 14.7 Å². The van der Waals surface area contributed by atoms with Crippen LogP contribution in [0.4, 0.5) is 0 Å². The fraction of sp³-hybridized carbons (Fsp3) is 0.333. The van der Waals surface area contributed by atoms with E-state index in [0.29, 0.717) is 12.1 Å².